The Kier molecular flexibility index (Phi) is 5.37. The minimum absolute atomic E-state index is 0.419. The molecular weight excluding hydrogens is 156 g/mol. The third kappa shape index (κ3) is 5.92. The first-order valence-corrected chi connectivity index (χ1v) is 4.00. The van der Waals surface area contributed by atoms with Gasteiger partial charge in [-0.15, -0.1) is 0 Å². The van der Waals surface area contributed by atoms with Crippen molar-refractivity contribution in [2.24, 2.45) is 5.92 Å². The molecule has 0 fully saturated rings. The molecular formula is C9H16O3. The van der Waals surface area contributed by atoms with Gasteiger partial charge in [-0.05, 0) is 18.4 Å². The summed E-state index contributed by atoms with van der Waals surface area (Å²) in [7, 11) is 1.31. The van der Waals surface area contributed by atoms with Crippen LogP contribution in [0.1, 0.15) is 20.3 Å². The Morgan fingerprint density at radius 3 is 2.58 bits per heavy atom. The van der Waals surface area contributed by atoms with Gasteiger partial charge < -0.3 is 9.84 Å². The third-order valence-corrected chi connectivity index (χ3v) is 1.37. The van der Waals surface area contributed by atoms with E-state index in [0.29, 0.717) is 12.3 Å². The third-order valence-electron chi connectivity index (χ3n) is 1.37. The molecule has 0 heterocycles. The zero-order valence-corrected chi connectivity index (χ0v) is 7.78. The van der Waals surface area contributed by atoms with E-state index in [1.54, 1.807) is 0 Å². The second-order valence-electron chi connectivity index (χ2n) is 3.08. The van der Waals surface area contributed by atoms with E-state index in [0.717, 1.165) is 0 Å². The lowest BCUT2D eigenvalue weighted by atomic mass is 10.1. The highest BCUT2D eigenvalue weighted by atomic mass is 16.5. The van der Waals surface area contributed by atoms with Crippen molar-refractivity contribution in [2.75, 3.05) is 7.11 Å². The van der Waals surface area contributed by atoms with Crippen molar-refractivity contribution < 1.29 is 14.6 Å². The summed E-state index contributed by atoms with van der Waals surface area (Å²) >= 11 is 0. The van der Waals surface area contributed by atoms with Crippen molar-refractivity contribution in [3.05, 3.63) is 12.2 Å². The van der Waals surface area contributed by atoms with Crippen LogP contribution in [0, 0.1) is 5.92 Å². The molecule has 0 radical (unpaired) electrons. The van der Waals surface area contributed by atoms with Gasteiger partial charge in [0, 0.05) is 6.08 Å². The quantitative estimate of drug-likeness (QED) is 0.510. The zero-order valence-electron chi connectivity index (χ0n) is 7.78. The Balaban J connectivity index is 3.74. The topological polar surface area (TPSA) is 46.5 Å². The van der Waals surface area contributed by atoms with E-state index in [1.165, 1.54) is 19.3 Å². The second kappa shape index (κ2) is 5.77. The van der Waals surface area contributed by atoms with Gasteiger partial charge in [0.15, 0.2) is 0 Å². The standard InChI is InChI=1S/C9H16O3/c1-7(2)6-8(10)4-5-9(11)12-3/h4-5,7-8,10H,6H2,1-3H3/b5-4+. The van der Waals surface area contributed by atoms with Crippen LogP contribution in [0.5, 0.6) is 0 Å². The Hall–Kier alpha value is -0.830. The number of esters is 1. The molecule has 0 aromatic rings. The van der Waals surface area contributed by atoms with Crippen LogP contribution in [0.3, 0.4) is 0 Å². The highest BCUT2D eigenvalue weighted by Gasteiger charge is 2.03. The highest BCUT2D eigenvalue weighted by Crippen LogP contribution is 2.04. The predicted molar refractivity (Wildman–Crippen MR) is 46.6 cm³/mol. The number of aliphatic hydroxyl groups excluding tert-OH is 1. The Morgan fingerprint density at radius 2 is 2.17 bits per heavy atom. The molecule has 3 heteroatoms. The summed E-state index contributed by atoms with van der Waals surface area (Å²) in [4.78, 5) is 10.6. The summed E-state index contributed by atoms with van der Waals surface area (Å²) in [5.41, 5.74) is 0. The molecule has 0 spiro atoms. The molecule has 0 saturated carbocycles. The van der Waals surface area contributed by atoms with Gasteiger partial charge in [-0.25, -0.2) is 4.79 Å². The lowest BCUT2D eigenvalue weighted by molar-refractivity contribution is -0.134. The van der Waals surface area contributed by atoms with Crippen LogP contribution in [0.25, 0.3) is 0 Å². The maximum absolute atomic E-state index is 10.6. The summed E-state index contributed by atoms with van der Waals surface area (Å²) in [5, 5.41) is 9.27. The fraction of sp³-hybridized carbons (Fsp3) is 0.667. The molecule has 1 unspecified atom stereocenters. The zero-order chi connectivity index (χ0) is 9.56. The van der Waals surface area contributed by atoms with Crippen molar-refractivity contribution in [1.82, 2.24) is 0 Å². The summed E-state index contributed by atoms with van der Waals surface area (Å²) in [6.45, 7) is 4.02. The van der Waals surface area contributed by atoms with Crippen LogP contribution >= 0.6 is 0 Å². The van der Waals surface area contributed by atoms with Crippen molar-refractivity contribution in [3.63, 3.8) is 0 Å². The molecule has 0 aliphatic carbocycles. The van der Waals surface area contributed by atoms with Crippen molar-refractivity contribution >= 4 is 5.97 Å². The van der Waals surface area contributed by atoms with Crippen molar-refractivity contribution in [3.8, 4) is 0 Å². The predicted octanol–water partition coefficient (Wildman–Crippen LogP) is 1.12. The number of carbonyl (C=O) groups excluding carboxylic acids is 1. The molecule has 0 saturated heterocycles. The molecule has 1 N–H and O–H groups in total. The minimum atomic E-state index is -0.552. The van der Waals surface area contributed by atoms with Gasteiger partial charge in [-0.3, -0.25) is 0 Å². The SMILES string of the molecule is COC(=O)/C=C/C(O)CC(C)C. The van der Waals surface area contributed by atoms with Gasteiger partial charge in [-0.1, -0.05) is 13.8 Å². The molecule has 3 nitrogen and oxygen atoms in total. The Bertz CT molecular complexity index is 161. The lowest BCUT2D eigenvalue weighted by Gasteiger charge is -2.07. The molecule has 1 atom stereocenters. The molecule has 0 aliphatic rings. The summed E-state index contributed by atoms with van der Waals surface area (Å²) < 4.78 is 4.37. The number of carbonyl (C=O) groups is 1. The van der Waals surface area contributed by atoms with E-state index in [4.69, 9.17) is 0 Å². The van der Waals surface area contributed by atoms with Crippen LogP contribution < -0.4 is 0 Å². The van der Waals surface area contributed by atoms with Gasteiger partial charge in [0.1, 0.15) is 0 Å². The first-order valence-electron chi connectivity index (χ1n) is 4.00. The number of methoxy groups -OCH3 is 1. The average molecular weight is 172 g/mol. The normalized spacial score (nSPS) is 13.8. The summed E-state index contributed by atoms with van der Waals surface area (Å²) in [6.07, 6.45) is 2.80. The first kappa shape index (κ1) is 11.2. The number of ether oxygens (including phenoxy) is 1. The van der Waals surface area contributed by atoms with E-state index in [2.05, 4.69) is 4.74 Å². The second-order valence-corrected chi connectivity index (χ2v) is 3.08. The van der Waals surface area contributed by atoms with Crippen LogP contribution in [0.4, 0.5) is 0 Å². The molecule has 0 aromatic carbocycles. The highest BCUT2D eigenvalue weighted by molar-refractivity contribution is 5.81. The van der Waals surface area contributed by atoms with Crippen LogP contribution in [-0.4, -0.2) is 24.3 Å². The van der Waals surface area contributed by atoms with Crippen LogP contribution in [0.15, 0.2) is 12.2 Å². The van der Waals surface area contributed by atoms with Crippen molar-refractivity contribution in [1.29, 1.82) is 0 Å². The lowest BCUT2D eigenvalue weighted by Crippen LogP contribution is -2.07. The largest absolute Gasteiger partial charge is 0.466 e. The van der Waals surface area contributed by atoms with E-state index in [1.807, 2.05) is 13.8 Å². The Morgan fingerprint density at radius 1 is 1.58 bits per heavy atom. The molecule has 12 heavy (non-hydrogen) atoms. The number of rotatable bonds is 4. The van der Waals surface area contributed by atoms with Gasteiger partial charge in [0.05, 0.1) is 13.2 Å². The Labute approximate surface area is 73.0 Å². The molecule has 0 bridgehead atoms. The van der Waals surface area contributed by atoms with E-state index in [9.17, 15) is 9.90 Å². The average Bonchev–Trinajstić information content (AvgIpc) is 1.99. The summed E-state index contributed by atoms with van der Waals surface area (Å²) in [5.74, 6) is -0.0138. The molecule has 0 rings (SSSR count). The fourth-order valence-corrected chi connectivity index (χ4v) is 0.819. The smallest absolute Gasteiger partial charge is 0.330 e. The molecule has 0 aromatic heterocycles. The molecule has 0 aliphatic heterocycles. The summed E-state index contributed by atoms with van der Waals surface area (Å²) in [6, 6.07) is 0. The van der Waals surface area contributed by atoms with Gasteiger partial charge >= 0.3 is 5.97 Å². The number of hydrogen-bond acceptors (Lipinski definition) is 3. The van der Waals surface area contributed by atoms with Crippen LogP contribution in [-0.2, 0) is 9.53 Å². The maximum Gasteiger partial charge on any atom is 0.330 e. The van der Waals surface area contributed by atoms with Crippen LogP contribution in [0.2, 0.25) is 0 Å². The maximum atomic E-state index is 10.6. The van der Waals surface area contributed by atoms with E-state index in [-0.39, 0.29) is 0 Å². The number of aliphatic hydroxyl groups is 1. The minimum Gasteiger partial charge on any atom is -0.466 e. The first-order chi connectivity index (χ1) is 5.56. The fourth-order valence-electron chi connectivity index (χ4n) is 0.819. The van der Waals surface area contributed by atoms with Gasteiger partial charge in [-0.2, -0.15) is 0 Å². The van der Waals surface area contributed by atoms with E-state index >= 15 is 0 Å². The van der Waals surface area contributed by atoms with Gasteiger partial charge in [0.2, 0.25) is 0 Å². The van der Waals surface area contributed by atoms with E-state index < -0.39 is 12.1 Å². The van der Waals surface area contributed by atoms with Gasteiger partial charge in [0.25, 0.3) is 0 Å². The number of hydrogen-bond donors (Lipinski definition) is 1. The molecule has 0 amide bonds. The molecule has 70 valence electrons. The van der Waals surface area contributed by atoms with Crippen molar-refractivity contribution in [2.45, 2.75) is 26.4 Å². The monoisotopic (exact) mass is 172 g/mol.